The van der Waals surface area contributed by atoms with Gasteiger partial charge in [-0.2, -0.15) is 0 Å². The summed E-state index contributed by atoms with van der Waals surface area (Å²) in [6, 6.07) is -0.634. The zero-order valence-corrected chi connectivity index (χ0v) is 10.3. The highest BCUT2D eigenvalue weighted by molar-refractivity contribution is 5.75. The van der Waals surface area contributed by atoms with E-state index in [9.17, 15) is 4.79 Å². The van der Waals surface area contributed by atoms with Crippen molar-refractivity contribution in [1.82, 2.24) is 9.97 Å². The quantitative estimate of drug-likeness (QED) is 0.734. The average Bonchev–Trinajstić information content (AvgIpc) is 2.90. The molecule has 100 valence electrons. The van der Waals surface area contributed by atoms with E-state index in [0.29, 0.717) is 18.9 Å². The Labute approximate surface area is 106 Å². The Morgan fingerprint density at radius 3 is 3.06 bits per heavy atom. The van der Waals surface area contributed by atoms with Gasteiger partial charge in [-0.05, 0) is 18.8 Å². The smallest absolute Gasteiger partial charge is 0.323 e. The number of nitrogens with one attached hydrogen (secondary N) is 1. The molecule has 1 atom stereocenters. The second-order valence-electron chi connectivity index (χ2n) is 4.57. The van der Waals surface area contributed by atoms with Crippen molar-refractivity contribution in [3.8, 4) is 0 Å². The van der Waals surface area contributed by atoms with Crippen molar-refractivity contribution in [3.63, 3.8) is 0 Å². The van der Waals surface area contributed by atoms with Gasteiger partial charge >= 0.3 is 5.97 Å². The van der Waals surface area contributed by atoms with E-state index < -0.39 is 6.04 Å². The Hall–Kier alpha value is -1.40. The summed E-state index contributed by atoms with van der Waals surface area (Å²) in [6.45, 7) is 1.95. The van der Waals surface area contributed by atoms with Crippen molar-refractivity contribution in [1.29, 1.82) is 0 Å². The van der Waals surface area contributed by atoms with Crippen LogP contribution in [0, 0.1) is 5.92 Å². The van der Waals surface area contributed by atoms with E-state index in [2.05, 4.69) is 9.97 Å². The van der Waals surface area contributed by atoms with Crippen LogP contribution in [-0.4, -0.2) is 41.8 Å². The highest BCUT2D eigenvalue weighted by Gasteiger charge is 2.20. The van der Waals surface area contributed by atoms with Crippen LogP contribution in [0.25, 0.3) is 0 Å². The molecular formula is C12H19N3O3. The number of aromatic nitrogens is 2. The minimum atomic E-state index is -0.634. The predicted octanol–water partition coefficient (Wildman–Crippen LogP) is 0.249. The summed E-state index contributed by atoms with van der Waals surface area (Å²) >= 11 is 0. The minimum absolute atomic E-state index is 0.351. The molecule has 3 N–H and O–H groups in total. The molecule has 0 spiro atoms. The molecule has 0 aromatic carbocycles. The fraction of sp³-hybridized carbons (Fsp3) is 0.667. The van der Waals surface area contributed by atoms with E-state index >= 15 is 0 Å². The van der Waals surface area contributed by atoms with Gasteiger partial charge in [0.05, 0.1) is 12.9 Å². The Balaban J connectivity index is 1.70. The molecule has 0 unspecified atom stereocenters. The first-order chi connectivity index (χ1) is 8.75. The lowest BCUT2D eigenvalue weighted by Crippen LogP contribution is -2.36. The van der Waals surface area contributed by atoms with E-state index in [1.807, 2.05) is 0 Å². The Morgan fingerprint density at radius 1 is 1.61 bits per heavy atom. The summed E-state index contributed by atoms with van der Waals surface area (Å²) in [7, 11) is 0. The van der Waals surface area contributed by atoms with Crippen LogP contribution in [0.2, 0.25) is 0 Å². The predicted molar refractivity (Wildman–Crippen MR) is 64.8 cm³/mol. The van der Waals surface area contributed by atoms with Gasteiger partial charge in [-0.25, -0.2) is 4.98 Å². The minimum Gasteiger partial charge on any atom is -0.464 e. The number of hydrogen-bond acceptors (Lipinski definition) is 5. The number of carbonyl (C=O) groups excluding carboxylic acids is 1. The van der Waals surface area contributed by atoms with E-state index in [1.165, 1.54) is 0 Å². The Bertz CT molecular complexity index is 361. The first-order valence-electron chi connectivity index (χ1n) is 6.23. The van der Waals surface area contributed by atoms with Crippen molar-refractivity contribution in [2.24, 2.45) is 11.7 Å². The van der Waals surface area contributed by atoms with Crippen molar-refractivity contribution in [2.45, 2.75) is 25.3 Å². The van der Waals surface area contributed by atoms with Crippen LogP contribution in [0.15, 0.2) is 12.5 Å². The van der Waals surface area contributed by atoms with E-state index in [0.717, 1.165) is 31.7 Å². The molecule has 0 amide bonds. The SMILES string of the molecule is N[C@@H](Cc1cnc[nH]1)C(=O)OCC1CCOCC1. The van der Waals surface area contributed by atoms with Gasteiger partial charge < -0.3 is 20.2 Å². The molecule has 1 aromatic rings. The molecule has 6 nitrogen and oxygen atoms in total. The number of rotatable bonds is 5. The third-order valence-corrected chi connectivity index (χ3v) is 3.10. The first kappa shape index (κ1) is 13.0. The zero-order valence-electron chi connectivity index (χ0n) is 10.3. The molecule has 2 heterocycles. The van der Waals surface area contributed by atoms with Gasteiger partial charge in [-0.1, -0.05) is 0 Å². The van der Waals surface area contributed by atoms with Crippen LogP contribution >= 0.6 is 0 Å². The summed E-state index contributed by atoms with van der Waals surface area (Å²) in [6.07, 6.45) is 5.54. The number of H-pyrrole nitrogens is 1. The highest BCUT2D eigenvalue weighted by Crippen LogP contribution is 2.15. The maximum atomic E-state index is 11.7. The van der Waals surface area contributed by atoms with E-state index in [1.54, 1.807) is 12.5 Å². The number of ether oxygens (including phenoxy) is 2. The van der Waals surface area contributed by atoms with Gasteiger partial charge in [0.25, 0.3) is 0 Å². The molecule has 0 radical (unpaired) electrons. The fourth-order valence-corrected chi connectivity index (χ4v) is 1.94. The standard InChI is InChI=1S/C12H19N3O3/c13-11(5-10-6-14-8-15-10)12(16)18-7-9-1-3-17-4-2-9/h6,8-9,11H,1-5,7,13H2,(H,14,15)/t11-/m0/s1. The Kier molecular flexibility index (Phi) is 4.72. The molecule has 1 fully saturated rings. The molecule has 18 heavy (non-hydrogen) atoms. The number of hydrogen-bond donors (Lipinski definition) is 2. The van der Waals surface area contributed by atoms with Crippen LogP contribution in [0.4, 0.5) is 0 Å². The van der Waals surface area contributed by atoms with Gasteiger partial charge in [-0.15, -0.1) is 0 Å². The molecule has 1 aliphatic heterocycles. The number of aromatic amines is 1. The van der Waals surface area contributed by atoms with E-state index in [4.69, 9.17) is 15.2 Å². The normalized spacial score (nSPS) is 18.5. The Morgan fingerprint density at radius 2 is 2.39 bits per heavy atom. The van der Waals surface area contributed by atoms with Gasteiger partial charge in [0.15, 0.2) is 0 Å². The third-order valence-electron chi connectivity index (χ3n) is 3.10. The molecule has 2 rings (SSSR count). The number of esters is 1. The number of carbonyl (C=O) groups is 1. The van der Waals surface area contributed by atoms with E-state index in [-0.39, 0.29) is 5.97 Å². The van der Waals surface area contributed by atoms with Gasteiger partial charge in [0, 0.05) is 31.5 Å². The summed E-state index contributed by atoms with van der Waals surface area (Å²) in [5, 5.41) is 0. The molecule has 0 aliphatic carbocycles. The van der Waals surface area contributed by atoms with Crippen molar-refractivity contribution < 1.29 is 14.3 Å². The monoisotopic (exact) mass is 253 g/mol. The molecule has 0 saturated carbocycles. The molecule has 6 heteroatoms. The van der Waals surface area contributed by atoms with Crippen LogP contribution < -0.4 is 5.73 Å². The zero-order chi connectivity index (χ0) is 12.8. The van der Waals surface area contributed by atoms with Crippen LogP contribution in [0.1, 0.15) is 18.5 Å². The fourth-order valence-electron chi connectivity index (χ4n) is 1.94. The lowest BCUT2D eigenvalue weighted by atomic mass is 10.0. The molecular weight excluding hydrogens is 234 g/mol. The third kappa shape index (κ3) is 3.82. The second kappa shape index (κ2) is 6.51. The van der Waals surface area contributed by atoms with Gasteiger partial charge in [0.1, 0.15) is 6.04 Å². The average molecular weight is 253 g/mol. The van der Waals surface area contributed by atoms with Crippen LogP contribution in [0.5, 0.6) is 0 Å². The summed E-state index contributed by atoms with van der Waals surface area (Å²) < 4.78 is 10.5. The second-order valence-corrected chi connectivity index (χ2v) is 4.57. The van der Waals surface area contributed by atoms with Gasteiger partial charge in [0.2, 0.25) is 0 Å². The topological polar surface area (TPSA) is 90.2 Å². The summed E-state index contributed by atoms with van der Waals surface area (Å²) in [5.74, 6) is 0.0538. The maximum Gasteiger partial charge on any atom is 0.323 e. The highest BCUT2D eigenvalue weighted by atomic mass is 16.5. The largest absolute Gasteiger partial charge is 0.464 e. The number of nitrogens with zero attached hydrogens (tertiary/aromatic N) is 1. The summed E-state index contributed by atoms with van der Waals surface area (Å²) in [5.41, 5.74) is 6.62. The number of nitrogens with two attached hydrogens (primary N) is 1. The molecule has 0 bridgehead atoms. The molecule has 1 aromatic heterocycles. The summed E-state index contributed by atoms with van der Waals surface area (Å²) in [4.78, 5) is 18.5. The van der Waals surface area contributed by atoms with Crippen molar-refractivity contribution in [2.75, 3.05) is 19.8 Å². The van der Waals surface area contributed by atoms with Gasteiger partial charge in [-0.3, -0.25) is 4.79 Å². The van der Waals surface area contributed by atoms with Crippen LogP contribution in [0.3, 0.4) is 0 Å². The number of imidazole rings is 1. The first-order valence-corrected chi connectivity index (χ1v) is 6.23. The van der Waals surface area contributed by atoms with Crippen LogP contribution in [-0.2, 0) is 20.7 Å². The lowest BCUT2D eigenvalue weighted by molar-refractivity contribution is -0.147. The maximum absolute atomic E-state index is 11.7. The molecule has 1 aliphatic rings. The molecule has 1 saturated heterocycles. The lowest BCUT2D eigenvalue weighted by Gasteiger charge is -2.22. The van der Waals surface area contributed by atoms with Crippen molar-refractivity contribution in [3.05, 3.63) is 18.2 Å². The van der Waals surface area contributed by atoms with Crippen molar-refractivity contribution >= 4 is 5.97 Å².